The molecule has 3 rings (SSSR count). The molecule has 0 bridgehead atoms. The van der Waals surface area contributed by atoms with E-state index < -0.39 is 51.6 Å². The van der Waals surface area contributed by atoms with Crippen LogP contribution in [0.2, 0.25) is 0 Å². The molecule has 1 aromatic rings. The number of hydrogen-bond acceptors (Lipinski definition) is 6. The third kappa shape index (κ3) is 5.85. The van der Waals surface area contributed by atoms with Gasteiger partial charge in [-0.1, -0.05) is 0 Å². The van der Waals surface area contributed by atoms with Crippen molar-refractivity contribution in [1.29, 1.82) is 0 Å². The average molecular weight is 608 g/mol. The quantitative estimate of drug-likeness (QED) is 0.330. The van der Waals surface area contributed by atoms with Gasteiger partial charge in [0.1, 0.15) is 0 Å². The Bertz CT molecular complexity index is 987. The molecule has 1 aliphatic carbocycles. The first kappa shape index (κ1) is 26.3. The number of nitrogens with one attached hydrogen (secondary N) is 1. The summed E-state index contributed by atoms with van der Waals surface area (Å²) in [6, 6.07) is 5.40. The Kier molecular flexibility index (Phi) is 7.76. The summed E-state index contributed by atoms with van der Waals surface area (Å²) in [7, 11) is -4.09. The van der Waals surface area contributed by atoms with E-state index >= 15 is 0 Å². The Hall–Kier alpha value is -1.32. The Morgan fingerprint density at radius 1 is 1.33 bits per heavy atom. The Balaban J connectivity index is 1.80. The Morgan fingerprint density at radius 3 is 2.55 bits per heavy atom. The molecule has 1 aromatic carbocycles. The van der Waals surface area contributed by atoms with E-state index in [4.69, 9.17) is 9.47 Å². The zero-order chi connectivity index (χ0) is 24.6. The van der Waals surface area contributed by atoms with Crippen LogP contribution in [-0.4, -0.2) is 69.9 Å². The van der Waals surface area contributed by atoms with Gasteiger partial charge in [-0.2, -0.15) is 0 Å². The molecule has 0 radical (unpaired) electrons. The summed E-state index contributed by atoms with van der Waals surface area (Å²) in [5, 5.41) is 0. The summed E-state index contributed by atoms with van der Waals surface area (Å²) < 4.78 is 82.8. The van der Waals surface area contributed by atoms with Crippen molar-refractivity contribution in [2.45, 2.75) is 34.6 Å². The second kappa shape index (κ2) is 9.74. The van der Waals surface area contributed by atoms with Gasteiger partial charge >= 0.3 is 199 Å². The van der Waals surface area contributed by atoms with Gasteiger partial charge in [-0.3, -0.25) is 0 Å². The van der Waals surface area contributed by atoms with E-state index in [1.54, 1.807) is 11.0 Å². The zero-order valence-electron chi connectivity index (χ0n) is 18.5. The van der Waals surface area contributed by atoms with Crippen LogP contribution in [0.4, 0.5) is 13.2 Å². The fraction of sp³-hybridized carbons (Fsp3) is 0.650. The molecule has 1 heterocycles. The molecule has 2 N–H and O–H groups in total. The summed E-state index contributed by atoms with van der Waals surface area (Å²) in [5.41, 5.74) is -4.68. The van der Waals surface area contributed by atoms with E-state index in [1.807, 2.05) is 19.1 Å². The van der Waals surface area contributed by atoms with Gasteiger partial charge in [0.15, 0.2) is 0 Å². The van der Waals surface area contributed by atoms with E-state index in [0.29, 0.717) is 24.0 Å². The summed E-state index contributed by atoms with van der Waals surface area (Å²) in [4.78, 5) is 15.6. The van der Waals surface area contributed by atoms with E-state index in [0.717, 1.165) is 18.4 Å². The fourth-order valence-electron chi connectivity index (χ4n) is 3.74. The first-order chi connectivity index (χ1) is 15.3. The number of nitrogens with zero attached hydrogens (tertiary/aromatic N) is 1. The number of halogens is 4. The van der Waals surface area contributed by atoms with Crippen molar-refractivity contribution in [3.63, 3.8) is 0 Å². The van der Waals surface area contributed by atoms with Crippen LogP contribution in [0.1, 0.15) is 31.2 Å². The summed E-state index contributed by atoms with van der Waals surface area (Å²) in [5.74, 6) is 0.559. The monoisotopic (exact) mass is 608 g/mol. The zero-order valence-corrected chi connectivity index (χ0v) is 21.5. The van der Waals surface area contributed by atoms with Gasteiger partial charge < -0.3 is 0 Å². The van der Waals surface area contributed by atoms with E-state index in [-0.39, 0.29) is 19.0 Å². The van der Waals surface area contributed by atoms with Gasteiger partial charge in [-0.15, -0.1) is 0 Å². The van der Waals surface area contributed by atoms with Crippen molar-refractivity contribution in [2.24, 2.45) is 5.92 Å². The van der Waals surface area contributed by atoms with Crippen molar-refractivity contribution in [3.8, 4) is 11.5 Å². The fourth-order valence-corrected chi connectivity index (χ4v) is 6.77. The molecule has 1 amide bonds. The second-order valence-electron chi connectivity index (χ2n) is 8.48. The molecule has 1 saturated carbocycles. The van der Waals surface area contributed by atoms with Crippen molar-refractivity contribution < 1.29 is 39.3 Å². The molecule has 0 aromatic heterocycles. The predicted octanol–water partition coefficient (Wildman–Crippen LogP) is 2.65. The Labute approximate surface area is 198 Å². The average Bonchev–Trinajstić information content (AvgIpc) is 3.50. The molecular weight excluding hydrogens is 580 g/mol. The van der Waals surface area contributed by atoms with Crippen LogP contribution < -0.4 is 14.2 Å². The maximum atomic E-state index is 12.6. The second-order valence-corrected chi connectivity index (χ2v) is 15.2. The molecule has 8 nitrogen and oxygen atoms in total. The van der Waals surface area contributed by atoms with Crippen LogP contribution in [0.5, 0.6) is 11.5 Å². The number of ether oxygens (including phenoxy) is 2. The van der Waals surface area contributed by atoms with Gasteiger partial charge in [0, 0.05) is 0 Å². The minimum atomic E-state index is -5.62. The molecule has 33 heavy (non-hydrogen) atoms. The summed E-state index contributed by atoms with van der Waals surface area (Å²) in [6.07, 6.45) is 2.23. The maximum absolute atomic E-state index is 12.6. The van der Waals surface area contributed by atoms with Crippen LogP contribution in [0, 0.1) is 5.92 Å². The number of benzene rings is 1. The number of alkyl halides is 5. The molecule has 2 atom stereocenters. The molecule has 1 saturated heterocycles. The Morgan fingerprint density at radius 2 is 2.00 bits per heavy atom. The number of likely N-dealkylation sites (tertiary alicyclic amines) is 1. The van der Waals surface area contributed by atoms with E-state index in [1.165, 1.54) is 16.7 Å². The van der Waals surface area contributed by atoms with Gasteiger partial charge in [0.05, 0.1) is 0 Å². The molecule has 1 aliphatic heterocycles. The number of rotatable bonds is 9. The molecular formula is C20H28F3IN2O6S. The van der Waals surface area contributed by atoms with Crippen LogP contribution in [-0.2, 0) is 14.8 Å². The topological polar surface area (TPSA) is 105 Å². The molecule has 13 heteroatoms. The third-order valence-corrected chi connectivity index (χ3v) is 11.9. The number of sulfonamides is 1. The number of carbonyl (C=O) groups excluding carboxylic acids is 1. The van der Waals surface area contributed by atoms with Crippen molar-refractivity contribution in [3.05, 3.63) is 23.8 Å². The minimum absolute atomic E-state index is 0.117. The number of methoxy groups -OCH3 is 1. The van der Waals surface area contributed by atoms with Crippen LogP contribution >= 0.6 is 20.2 Å². The van der Waals surface area contributed by atoms with Gasteiger partial charge in [-0.05, 0) is 0 Å². The van der Waals surface area contributed by atoms with Gasteiger partial charge in [0.25, 0.3) is 0 Å². The van der Waals surface area contributed by atoms with E-state index in [9.17, 15) is 29.8 Å². The van der Waals surface area contributed by atoms with Crippen LogP contribution in [0.25, 0.3) is 0 Å². The number of hydrogen-bond donors (Lipinski definition) is 2. The third-order valence-electron chi connectivity index (χ3n) is 6.09. The van der Waals surface area contributed by atoms with Gasteiger partial charge in [-0.25, -0.2) is 0 Å². The molecule has 2 aliphatic rings. The molecule has 0 spiro atoms. The van der Waals surface area contributed by atoms with Crippen LogP contribution in [0.3, 0.4) is 0 Å². The molecule has 2 fully saturated rings. The summed E-state index contributed by atoms with van der Waals surface area (Å²) in [6.45, 7) is 1.67. The predicted molar refractivity (Wildman–Crippen MR) is 124 cm³/mol. The first-order valence-electron chi connectivity index (χ1n) is 10.2. The van der Waals surface area contributed by atoms with E-state index in [2.05, 4.69) is 0 Å². The normalized spacial score (nSPS) is 24.0. The van der Waals surface area contributed by atoms with Crippen LogP contribution in [0.15, 0.2) is 18.2 Å². The molecule has 188 valence electrons. The molecule has 0 unspecified atom stereocenters. The van der Waals surface area contributed by atoms with Crippen molar-refractivity contribution in [1.82, 2.24) is 9.62 Å². The van der Waals surface area contributed by atoms with Crippen molar-refractivity contribution in [2.75, 3.05) is 38.3 Å². The van der Waals surface area contributed by atoms with Gasteiger partial charge in [0.2, 0.25) is 0 Å². The number of amides is 1. The van der Waals surface area contributed by atoms with Crippen molar-refractivity contribution >= 4 is 36.2 Å². The standard InChI is InChI=1S/C20H28F3IN2O6S/c1-19(24(2)28)12-26(18(27)9-25-33(29,30)20(21,22)23)10-15(19)14-6-7-16(31-3)17(8-14)32-11-13-4-5-13/h6-8,13,15,25,28H,4-5,9-12H2,1-3H3/t15-,19+/m0/s1. The SMILES string of the molecule is COc1ccc([C@@H]2CN(C(=O)CNS(=O)(=O)C(F)(F)F)C[C@@]2(C)I(C)O)cc1OCC1CC1. The summed E-state index contributed by atoms with van der Waals surface area (Å²) >= 11 is -2.56. The first-order valence-corrected chi connectivity index (χ1v) is 15.9. The number of carbonyl (C=O) groups is 1.